The third-order valence-electron chi connectivity index (χ3n) is 0. The van der Waals surface area contributed by atoms with Crippen molar-refractivity contribution in [3.8, 4) is 0 Å². The van der Waals surface area contributed by atoms with Crippen LogP contribution in [0.2, 0.25) is 0 Å². The molecule has 0 aromatic heterocycles. The van der Waals surface area contributed by atoms with E-state index >= 15 is 0 Å². The van der Waals surface area contributed by atoms with E-state index in [1.54, 1.807) is 0 Å². The fourth-order valence-corrected chi connectivity index (χ4v) is 0. The average molecular weight is 424 g/mol. The van der Waals surface area contributed by atoms with Gasteiger partial charge in [-0.2, -0.15) is 0 Å². The van der Waals surface area contributed by atoms with Crippen LogP contribution in [-0.4, -0.2) is 16.4 Å². The Morgan fingerprint density at radius 3 is 1.17 bits per heavy atom. The van der Waals surface area contributed by atoms with Gasteiger partial charge in [0.1, 0.15) is 0 Å². The first-order chi connectivity index (χ1) is 1.73. The Morgan fingerprint density at radius 1 is 1.17 bits per heavy atom. The zero-order valence-electron chi connectivity index (χ0n) is 2.70. The van der Waals surface area contributed by atoms with Crippen molar-refractivity contribution in [2.75, 3.05) is 0 Å². The number of carbonyl (C=O) groups is 1. The largest absolute Gasteiger partial charge is 0.503 e. The van der Waals surface area contributed by atoms with E-state index in [9.17, 15) is 0 Å². The predicted octanol–water partition coefficient (Wildman–Crippen LogP) is 0.217. The Hall–Kier alpha value is 0.751. The molecule has 2 N–H and O–H groups in total. The molecule has 0 unspecified atom stereocenters. The van der Waals surface area contributed by atoms with Crippen LogP contribution >= 0.6 is 0 Å². The molecule has 3 nitrogen and oxygen atoms in total. The maximum absolute atomic E-state index is 8.56. The van der Waals surface area contributed by atoms with Gasteiger partial charge in [-0.3, -0.25) is 0 Å². The average Bonchev–Trinajstić information content (AvgIpc) is 0.811. The molecule has 0 aliphatic carbocycles. The molecule has 0 aliphatic rings. The first-order valence-corrected chi connectivity index (χ1v) is 0.651. The maximum atomic E-state index is 8.56. The van der Waals surface area contributed by atoms with Gasteiger partial charge in [0, 0.05) is 44.8 Å². The zero-order valence-corrected chi connectivity index (χ0v) is 9.12. The number of carboxylic acid groups (broad SMARTS) is 2. The zero-order chi connectivity index (χ0) is 3.58. The molecule has 0 aromatic carbocycles. The smallest absolute Gasteiger partial charge is 0.450 e. The summed E-state index contributed by atoms with van der Waals surface area (Å²) >= 11 is 0. The quantitative estimate of drug-likeness (QED) is 0.586. The molecule has 2 radical (unpaired) electrons. The molecular formula is CH2O3Ta2. The fourth-order valence-electron chi connectivity index (χ4n) is 0. The summed E-state index contributed by atoms with van der Waals surface area (Å²) in [6, 6.07) is 0. The van der Waals surface area contributed by atoms with Crippen molar-refractivity contribution in [2.45, 2.75) is 0 Å². The van der Waals surface area contributed by atoms with Crippen molar-refractivity contribution in [1.29, 1.82) is 0 Å². The van der Waals surface area contributed by atoms with E-state index in [2.05, 4.69) is 0 Å². The molecule has 0 rings (SSSR count). The van der Waals surface area contributed by atoms with E-state index in [1.807, 2.05) is 0 Å². The summed E-state index contributed by atoms with van der Waals surface area (Å²) in [6.07, 6.45) is -1.83. The summed E-state index contributed by atoms with van der Waals surface area (Å²) in [5.41, 5.74) is 0. The van der Waals surface area contributed by atoms with Crippen LogP contribution in [-0.2, 0) is 44.8 Å². The third kappa shape index (κ3) is 119. The number of hydrogen-bond acceptors (Lipinski definition) is 1. The predicted molar refractivity (Wildman–Crippen MR) is 10.7 cm³/mol. The van der Waals surface area contributed by atoms with Crippen LogP contribution in [0.25, 0.3) is 0 Å². The molecule has 0 atom stereocenters. The minimum absolute atomic E-state index is 0. The molecular weight excluding hydrogens is 422 g/mol. The summed E-state index contributed by atoms with van der Waals surface area (Å²) in [4.78, 5) is 8.56. The molecule has 34 valence electrons. The summed E-state index contributed by atoms with van der Waals surface area (Å²) in [5, 5.41) is 13.9. The Labute approximate surface area is 65.8 Å². The number of rotatable bonds is 0. The molecule has 0 bridgehead atoms. The molecule has 0 fully saturated rings. The standard InChI is InChI=1S/CH2O3.2Ta/c2-1(3)4;;/h(H2,2,3,4);;. The SMILES string of the molecule is O=C(O)O.[Ta].[Ta]. The van der Waals surface area contributed by atoms with Crippen LogP contribution in [0.1, 0.15) is 0 Å². The Balaban J connectivity index is -0.0000000450. The van der Waals surface area contributed by atoms with Crippen LogP contribution in [0.15, 0.2) is 0 Å². The Bertz CT molecular complexity index is 31.8. The molecule has 0 amide bonds. The molecule has 0 heterocycles. The minimum atomic E-state index is -1.83. The summed E-state index contributed by atoms with van der Waals surface area (Å²) in [7, 11) is 0. The Morgan fingerprint density at radius 2 is 1.17 bits per heavy atom. The topological polar surface area (TPSA) is 57.5 Å². The van der Waals surface area contributed by atoms with Crippen molar-refractivity contribution in [2.24, 2.45) is 0 Å². The van der Waals surface area contributed by atoms with Gasteiger partial charge in [0.15, 0.2) is 0 Å². The fraction of sp³-hybridized carbons (Fsp3) is 0. The number of hydrogen-bond donors (Lipinski definition) is 2. The van der Waals surface area contributed by atoms with Gasteiger partial charge >= 0.3 is 6.16 Å². The van der Waals surface area contributed by atoms with Crippen molar-refractivity contribution >= 4 is 6.16 Å². The molecule has 5 heteroatoms. The van der Waals surface area contributed by atoms with Crippen molar-refractivity contribution in [1.82, 2.24) is 0 Å². The molecule has 0 saturated heterocycles. The second-order valence-electron chi connectivity index (χ2n) is 0.283. The monoisotopic (exact) mass is 424 g/mol. The summed E-state index contributed by atoms with van der Waals surface area (Å²) < 4.78 is 0. The van der Waals surface area contributed by atoms with Gasteiger partial charge in [-0.05, 0) is 0 Å². The second-order valence-corrected chi connectivity index (χ2v) is 0.283. The van der Waals surface area contributed by atoms with Gasteiger partial charge in [-0.1, -0.05) is 0 Å². The van der Waals surface area contributed by atoms with Gasteiger partial charge < -0.3 is 10.2 Å². The van der Waals surface area contributed by atoms with Gasteiger partial charge in [0.05, 0.1) is 0 Å². The van der Waals surface area contributed by atoms with E-state index in [4.69, 9.17) is 15.0 Å². The van der Waals surface area contributed by atoms with E-state index in [1.165, 1.54) is 0 Å². The second kappa shape index (κ2) is 9.23. The maximum Gasteiger partial charge on any atom is 0.503 e. The van der Waals surface area contributed by atoms with Gasteiger partial charge in [0.2, 0.25) is 0 Å². The van der Waals surface area contributed by atoms with E-state index in [0.29, 0.717) is 0 Å². The van der Waals surface area contributed by atoms with Gasteiger partial charge in [-0.15, -0.1) is 0 Å². The van der Waals surface area contributed by atoms with E-state index in [-0.39, 0.29) is 44.8 Å². The molecule has 6 heavy (non-hydrogen) atoms. The summed E-state index contributed by atoms with van der Waals surface area (Å²) in [5.74, 6) is 0. The van der Waals surface area contributed by atoms with Crippen molar-refractivity contribution < 1.29 is 59.8 Å². The van der Waals surface area contributed by atoms with Crippen LogP contribution < -0.4 is 0 Å². The first kappa shape index (κ1) is 15.9. The van der Waals surface area contributed by atoms with E-state index in [0.717, 1.165) is 0 Å². The Kier molecular flexibility index (Phi) is 24.4. The van der Waals surface area contributed by atoms with Crippen molar-refractivity contribution in [3.05, 3.63) is 0 Å². The van der Waals surface area contributed by atoms with Crippen LogP contribution in [0.5, 0.6) is 0 Å². The van der Waals surface area contributed by atoms with E-state index < -0.39 is 6.16 Å². The molecule has 0 aliphatic heterocycles. The van der Waals surface area contributed by atoms with Gasteiger partial charge in [-0.25, -0.2) is 4.79 Å². The minimum Gasteiger partial charge on any atom is -0.450 e. The summed E-state index contributed by atoms with van der Waals surface area (Å²) in [6.45, 7) is 0. The first-order valence-electron chi connectivity index (χ1n) is 0.651. The van der Waals surface area contributed by atoms with Gasteiger partial charge in [0.25, 0.3) is 0 Å². The molecule has 0 saturated carbocycles. The molecule has 0 aromatic rings. The van der Waals surface area contributed by atoms with Crippen LogP contribution in [0.3, 0.4) is 0 Å². The molecule has 0 spiro atoms. The van der Waals surface area contributed by atoms with Crippen LogP contribution in [0.4, 0.5) is 4.79 Å². The normalized spacial score (nSPS) is 4.00. The van der Waals surface area contributed by atoms with Crippen molar-refractivity contribution in [3.63, 3.8) is 0 Å². The third-order valence-corrected chi connectivity index (χ3v) is 0. The van der Waals surface area contributed by atoms with Crippen LogP contribution in [0, 0.1) is 0 Å².